The lowest BCUT2D eigenvalue weighted by Crippen LogP contribution is -2.50. The molecular weight excluding hydrogens is 314 g/mol. The van der Waals surface area contributed by atoms with E-state index in [0.717, 1.165) is 32.2 Å². The first kappa shape index (κ1) is 20.7. The van der Waals surface area contributed by atoms with E-state index < -0.39 is 0 Å². The van der Waals surface area contributed by atoms with Crippen molar-refractivity contribution in [2.45, 2.75) is 77.3 Å². The molecule has 146 valence electrons. The van der Waals surface area contributed by atoms with Gasteiger partial charge in [-0.15, -0.1) is 0 Å². The molecular formula is C20H39N3O2. The Kier molecular flexibility index (Phi) is 9.81. The summed E-state index contributed by atoms with van der Waals surface area (Å²) in [5, 5.41) is 3.84. The number of carbonyl (C=O) groups excluding carboxylic acids is 1. The zero-order valence-corrected chi connectivity index (χ0v) is 16.5. The first-order chi connectivity index (χ1) is 12.2. The van der Waals surface area contributed by atoms with Crippen molar-refractivity contribution in [2.24, 2.45) is 0 Å². The number of esters is 1. The molecule has 0 bridgehead atoms. The first-order valence-electron chi connectivity index (χ1n) is 10.6. The second-order valence-corrected chi connectivity index (χ2v) is 7.62. The summed E-state index contributed by atoms with van der Waals surface area (Å²) in [6.45, 7) is 11.4. The Hall–Kier alpha value is -0.650. The third-order valence-corrected chi connectivity index (χ3v) is 5.72. The van der Waals surface area contributed by atoms with Gasteiger partial charge in [-0.1, -0.05) is 19.8 Å². The standard InChI is InChI=1S/C20H39N3O2/c1-3-5-12-23-13-7-6-8-19(23)17-21-18-9-14-22(15-10-18)16-11-20(24)25-4-2/h18-19,21H,3-17H2,1-2H3/t19-/m1/s1. The highest BCUT2D eigenvalue weighted by Crippen LogP contribution is 2.18. The van der Waals surface area contributed by atoms with Gasteiger partial charge in [-0.05, 0) is 65.2 Å². The van der Waals surface area contributed by atoms with Gasteiger partial charge in [0.05, 0.1) is 13.0 Å². The van der Waals surface area contributed by atoms with Crippen LogP contribution >= 0.6 is 0 Å². The molecule has 0 unspecified atom stereocenters. The number of hydrogen-bond donors (Lipinski definition) is 1. The van der Waals surface area contributed by atoms with Crippen LogP contribution in [0.1, 0.15) is 65.2 Å². The highest BCUT2D eigenvalue weighted by atomic mass is 16.5. The third-order valence-electron chi connectivity index (χ3n) is 5.72. The van der Waals surface area contributed by atoms with Gasteiger partial charge in [-0.25, -0.2) is 0 Å². The SMILES string of the molecule is CCCCN1CCCC[C@@H]1CNC1CCN(CCC(=O)OCC)CC1. The number of nitrogens with zero attached hydrogens (tertiary/aromatic N) is 2. The second-order valence-electron chi connectivity index (χ2n) is 7.62. The minimum Gasteiger partial charge on any atom is -0.466 e. The van der Waals surface area contributed by atoms with E-state index in [2.05, 4.69) is 22.0 Å². The molecule has 2 aliphatic rings. The molecule has 0 aromatic carbocycles. The first-order valence-corrected chi connectivity index (χ1v) is 10.6. The van der Waals surface area contributed by atoms with Gasteiger partial charge >= 0.3 is 5.97 Å². The Morgan fingerprint density at radius 3 is 2.60 bits per heavy atom. The highest BCUT2D eigenvalue weighted by molar-refractivity contribution is 5.69. The molecule has 0 spiro atoms. The van der Waals surface area contributed by atoms with Crippen molar-refractivity contribution < 1.29 is 9.53 Å². The van der Waals surface area contributed by atoms with Crippen LogP contribution in [0.15, 0.2) is 0 Å². The van der Waals surface area contributed by atoms with Crippen molar-refractivity contribution in [3.05, 3.63) is 0 Å². The number of unbranched alkanes of at least 4 members (excludes halogenated alkanes) is 1. The third kappa shape index (κ3) is 7.63. The van der Waals surface area contributed by atoms with Crippen LogP contribution in [0.2, 0.25) is 0 Å². The van der Waals surface area contributed by atoms with Crippen LogP contribution < -0.4 is 5.32 Å². The molecule has 2 rings (SSSR count). The molecule has 0 aromatic heterocycles. The van der Waals surface area contributed by atoms with Gasteiger partial charge in [0.25, 0.3) is 0 Å². The van der Waals surface area contributed by atoms with Crippen molar-refractivity contribution >= 4 is 5.97 Å². The van der Waals surface area contributed by atoms with Gasteiger partial charge in [0.1, 0.15) is 0 Å². The normalized spacial score (nSPS) is 23.7. The van der Waals surface area contributed by atoms with E-state index >= 15 is 0 Å². The van der Waals surface area contributed by atoms with Gasteiger partial charge in [0.15, 0.2) is 0 Å². The topological polar surface area (TPSA) is 44.8 Å². The van der Waals surface area contributed by atoms with Gasteiger partial charge in [-0.2, -0.15) is 0 Å². The number of ether oxygens (including phenoxy) is 1. The van der Waals surface area contributed by atoms with E-state index in [1.54, 1.807) is 0 Å². The maximum atomic E-state index is 11.5. The minimum atomic E-state index is -0.0628. The average molecular weight is 354 g/mol. The predicted molar refractivity (Wildman–Crippen MR) is 103 cm³/mol. The lowest BCUT2D eigenvalue weighted by atomic mass is 9.99. The number of hydrogen-bond acceptors (Lipinski definition) is 5. The van der Waals surface area contributed by atoms with Gasteiger partial charge in [0.2, 0.25) is 0 Å². The van der Waals surface area contributed by atoms with Crippen LogP contribution in [0.3, 0.4) is 0 Å². The lowest BCUT2D eigenvalue weighted by Gasteiger charge is -2.38. The van der Waals surface area contributed by atoms with Gasteiger partial charge in [0, 0.05) is 25.2 Å². The molecule has 0 aromatic rings. The highest BCUT2D eigenvalue weighted by Gasteiger charge is 2.24. The van der Waals surface area contributed by atoms with E-state index in [9.17, 15) is 4.79 Å². The van der Waals surface area contributed by atoms with Crippen LogP contribution in [-0.4, -0.2) is 73.7 Å². The number of nitrogens with one attached hydrogen (secondary N) is 1. The maximum Gasteiger partial charge on any atom is 0.307 e. The summed E-state index contributed by atoms with van der Waals surface area (Å²) in [5.74, 6) is -0.0628. The van der Waals surface area contributed by atoms with Crippen LogP contribution in [0, 0.1) is 0 Å². The summed E-state index contributed by atoms with van der Waals surface area (Å²) < 4.78 is 5.02. The molecule has 2 fully saturated rings. The summed E-state index contributed by atoms with van der Waals surface area (Å²) in [6, 6.07) is 1.39. The van der Waals surface area contributed by atoms with Crippen LogP contribution in [0.4, 0.5) is 0 Å². The Morgan fingerprint density at radius 1 is 1.08 bits per heavy atom. The van der Waals surface area contributed by atoms with Crippen molar-refractivity contribution in [3.63, 3.8) is 0 Å². The Labute approximate surface area is 154 Å². The average Bonchev–Trinajstić information content (AvgIpc) is 2.65. The fourth-order valence-corrected chi connectivity index (χ4v) is 4.09. The van der Waals surface area contributed by atoms with Gasteiger partial charge in [-0.3, -0.25) is 9.69 Å². The van der Waals surface area contributed by atoms with Crippen molar-refractivity contribution in [1.29, 1.82) is 0 Å². The summed E-state index contributed by atoms with van der Waals surface area (Å²) in [5.41, 5.74) is 0. The van der Waals surface area contributed by atoms with Crippen LogP contribution in [0.5, 0.6) is 0 Å². The zero-order valence-electron chi connectivity index (χ0n) is 16.5. The molecule has 2 heterocycles. The Morgan fingerprint density at radius 2 is 1.88 bits per heavy atom. The van der Waals surface area contributed by atoms with Gasteiger partial charge < -0.3 is 15.0 Å². The van der Waals surface area contributed by atoms with Crippen LogP contribution in [-0.2, 0) is 9.53 Å². The molecule has 25 heavy (non-hydrogen) atoms. The summed E-state index contributed by atoms with van der Waals surface area (Å²) in [7, 11) is 0. The number of likely N-dealkylation sites (tertiary alicyclic amines) is 2. The molecule has 0 saturated carbocycles. The number of rotatable bonds is 10. The molecule has 1 N–H and O–H groups in total. The van der Waals surface area contributed by atoms with E-state index in [-0.39, 0.29) is 5.97 Å². The molecule has 5 heteroatoms. The fraction of sp³-hybridized carbons (Fsp3) is 0.950. The smallest absolute Gasteiger partial charge is 0.307 e. The molecule has 2 aliphatic heterocycles. The molecule has 2 saturated heterocycles. The summed E-state index contributed by atoms with van der Waals surface area (Å²) >= 11 is 0. The van der Waals surface area contributed by atoms with Crippen molar-refractivity contribution in [2.75, 3.05) is 45.9 Å². The van der Waals surface area contributed by atoms with E-state index in [1.807, 2.05) is 6.92 Å². The second kappa shape index (κ2) is 11.9. The fourth-order valence-electron chi connectivity index (χ4n) is 4.09. The van der Waals surface area contributed by atoms with Crippen molar-refractivity contribution in [1.82, 2.24) is 15.1 Å². The van der Waals surface area contributed by atoms with E-state index in [1.165, 1.54) is 58.0 Å². The number of piperidine rings is 2. The summed E-state index contributed by atoms with van der Waals surface area (Å²) in [6.07, 6.45) is 9.67. The quantitative estimate of drug-likeness (QED) is 0.612. The molecule has 0 amide bonds. The van der Waals surface area contributed by atoms with E-state index in [4.69, 9.17) is 4.74 Å². The zero-order chi connectivity index (χ0) is 17.9. The maximum absolute atomic E-state index is 11.5. The monoisotopic (exact) mass is 353 g/mol. The Balaban J connectivity index is 1.61. The lowest BCUT2D eigenvalue weighted by molar-refractivity contribution is -0.143. The predicted octanol–water partition coefficient (Wildman–Crippen LogP) is 2.65. The molecule has 0 aliphatic carbocycles. The largest absolute Gasteiger partial charge is 0.466 e. The summed E-state index contributed by atoms with van der Waals surface area (Å²) in [4.78, 5) is 16.6. The molecule has 1 atom stereocenters. The minimum absolute atomic E-state index is 0.0628. The molecule has 0 radical (unpaired) electrons. The Bertz CT molecular complexity index is 370. The van der Waals surface area contributed by atoms with Crippen molar-refractivity contribution in [3.8, 4) is 0 Å². The van der Waals surface area contributed by atoms with Crippen LogP contribution in [0.25, 0.3) is 0 Å². The van der Waals surface area contributed by atoms with E-state index in [0.29, 0.717) is 19.1 Å². The molecule has 5 nitrogen and oxygen atoms in total. The number of carbonyl (C=O) groups is 1.